The Bertz CT molecular complexity index is 927. The third-order valence-corrected chi connectivity index (χ3v) is 5.00. The topological polar surface area (TPSA) is 50.7 Å². The van der Waals surface area contributed by atoms with Gasteiger partial charge in [0.1, 0.15) is 5.75 Å². The van der Waals surface area contributed by atoms with E-state index in [4.69, 9.17) is 4.74 Å². The second kappa shape index (κ2) is 8.21. The summed E-state index contributed by atoms with van der Waals surface area (Å²) in [6.45, 7) is 9.82. The normalized spacial score (nSPS) is 19.4. The number of carbonyl (C=O) groups is 1. The minimum absolute atomic E-state index is 0.263. The lowest BCUT2D eigenvalue weighted by Crippen LogP contribution is -2.34. The van der Waals surface area contributed by atoms with Crippen LogP contribution < -0.4 is 10.2 Å². The summed E-state index contributed by atoms with van der Waals surface area (Å²) >= 11 is 0. The van der Waals surface area contributed by atoms with Crippen LogP contribution in [0.3, 0.4) is 0 Å². The van der Waals surface area contributed by atoms with Gasteiger partial charge in [-0.25, -0.2) is 5.43 Å². The van der Waals surface area contributed by atoms with Gasteiger partial charge in [-0.1, -0.05) is 48.6 Å². The van der Waals surface area contributed by atoms with Crippen molar-refractivity contribution in [2.45, 2.75) is 39.7 Å². The second-order valence-electron chi connectivity index (χ2n) is 7.17. The molecule has 3 rings (SSSR count). The van der Waals surface area contributed by atoms with Gasteiger partial charge in [-0.2, -0.15) is 5.10 Å². The van der Waals surface area contributed by atoms with E-state index in [1.807, 2.05) is 56.3 Å². The van der Waals surface area contributed by atoms with Crippen LogP contribution in [-0.4, -0.2) is 17.7 Å². The number of fused-ring (bicyclic) bond motifs is 1. The maximum absolute atomic E-state index is 12.4. The van der Waals surface area contributed by atoms with Gasteiger partial charge in [0, 0.05) is 0 Å². The summed E-state index contributed by atoms with van der Waals surface area (Å²) in [5, 5.41) is 6.56. The lowest BCUT2D eigenvalue weighted by atomic mass is 9.85. The first-order valence-corrected chi connectivity index (χ1v) is 9.28. The largest absolute Gasteiger partial charge is 0.481 e. The third-order valence-electron chi connectivity index (χ3n) is 5.00. The molecule has 0 saturated carbocycles. The molecule has 1 N–H and O–H groups in total. The number of ether oxygens (including phenoxy) is 1. The maximum atomic E-state index is 12.4. The lowest BCUT2D eigenvalue weighted by Gasteiger charge is -2.22. The number of nitrogens with zero attached hydrogens (tertiary/aromatic N) is 1. The van der Waals surface area contributed by atoms with Crippen LogP contribution in [0.1, 0.15) is 33.6 Å². The van der Waals surface area contributed by atoms with Crippen LogP contribution in [0.25, 0.3) is 10.8 Å². The van der Waals surface area contributed by atoms with Crippen molar-refractivity contribution in [3.05, 3.63) is 66.3 Å². The molecule has 1 aliphatic rings. The van der Waals surface area contributed by atoms with Crippen molar-refractivity contribution in [1.82, 2.24) is 5.43 Å². The smallest absolute Gasteiger partial charge is 0.280 e. The summed E-state index contributed by atoms with van der Waals surface area (Å²) < 4.78 is 5.80. The van der Waals surface area contributed by atoms with Crippen LogP contribution in [-0.2, 0) is 4.79 Å². The van der Waals surface area contributed by atoms with Crippen molar-refractivity contribution in [1.29, 1.82) is 0 Å². The van der Waals surface area contributed by atoms with Crippen LogP contribution in [0.2, 0.25) is 0 Å². The first kappa shape index (κ1) is 18.9. The van der Waals surface area contributed by atoms with Crippen molar-refractivity contribution in [3.63, 3.8) is 0 Å². The van der Waals surface area contributed by atoms with Crippen LogP contribution >= 0.6 is 0 Å². The Kier molecular flexibility index (Phi) is 5.75. The highest BCUT2D eigenvalue weighted by molar-refractivity contribution is 6.01. The lowest BCUT2D eigenvalue weighted by molar-refractivity contribution is -0.127. The second-order valence-corrected chi connectivity index (χ2v) is 7.17. The molecule has 1 aliphatic carbocycles. The Morgan fingerprint density at radius 1 is 1.26 bits per heavy atom. The van der Waals surface area contributed by atoms with E-state index in [0.717, 1.165) is 40.5 Å². The quantitative estimate of drug-likeness (QED) is 0.600. The molecule has 0 aliphatic heterocycles. The van der Waals surface area contributed by atoms with Gasteiger partial charge in [0.05, 0.1) is 5.71 Å². The van der Waals surface area contributed by atoms with Gasteiger partial charge in [-0.05, 0) is 68.0 Å². The Morgan fingerprint density at radius 3 is 2.74 bits per heavy atom. The monoisotopic (exact) mass is 362 g/mol. The summed E-state index contributed by atoms with van der Waals surface area (Å²) in [4.78, 5) is 12.4. The average molecular weight is 362 g/mol. The number of carbonyl (C=O) groups excluding carboxylic acids is 1. The molecule has 27 heavy (non-hydrogen) atoms. The Labute approximate surface area is 160 Å². The molecule has 0 heterocycles. The molecule has 0 bridgehead atoms. The zero-order valence-corrected chi connectivity index (χ0v) is 16.2. The summed E-state index contributed by atoms with van der Waals surface area (Å²) in [5.74, 6) is 0.789. The molecule has 0 aromatic heterocycles. The number of allylic oxidation sites excluding steroid dienone is 3. The van der Waals surface area contributed by atoms with Crippen molar-refractivity contribution >= 4 is 22.4 Å². The predicted molar refractivity (Wildman–Crippen MR) is 111 cm³/mol. The summed E-state index contributed by atoms with van der Waals surface area (Å²) in [7, 11) is 0. The number of rotatable bonds is 5. The van der Waals surface area contributed by atoms with E-state index >= 15 is 0 Å². The Balaban J connectivity index is 1.63. The molecule has 0 saturated heterocycles. The molecule has 2 atom stereocenters. The average Bonchev–Trinajstić information content (AvgIpc) is 2.66. The highest BCUT2D eigenvalue weighted by Crippen LogP contribution is 2.26. The Hall–Kier alpha value is -2.88. The zero-order valence-electron chi connectivity index (χ0n) is 16.2. The van der Waals surface area contributed by atoms with E-state index in [1.165, 1.54) is 0 Å². The number of hydrazone groups is 1. The van der Waals surface area contributed by atoms with E-state index in [2.05, 4.69) is 23.2 Å². The van der Waals surface area contributed by atoms with Crippen molar-refractivity contribution in [3.8, 4) is 5.75 Å². The number of nitrogens with one attached hydrogen (secondary N) is 1. The van der Waals surface area contributed by atoms with Gasteiger partial charge >= 0.3 is 0 Å². The van der Waals surface area contributed by atoms with E-state index in [-0.39, 0.29) is 5.91 Å². The molecular formula is C23H26N2O2. The number of benzene rings is 2. The number of amides is 1. The van der Waals surface area contributed by atoms with E-state index in [1.54, 1.807) is 6.92 Å². The molecule has 2 aromatic carbocycles. The Morgan fingerprint density at radius 2 is 2.00 bits per heavy atom. The summed E-state index contributed by atoms with van der Waals surface area (Å²) in [5.41, 5.74) is 5.81. The SMILES string of the molecule is C=C(C)[C@H]1CC=C(C)/C(=N\NC(=O)[C@@H](C)Oc2ccc3ccccc3c2)C1. The van der Waals surface area contributed by atoms with Crippen LogP contribution in [0.15, 0.2) is 71.4 Å². The zero-order chi connectivity index (χ0) is 19.4. The van der Waals surface area contributed by atoms with E-state index in [0.29, 0.717) is 11.7 Å². The minimum Gasteiger partial charge on any atom is -0.481 e. The fraction of sp³-hybridized carbons (Fsp3) is 0.304. The molecule has 0 unspecified atom stereocenters. The fourth-order valence-corrected chi connectivity index (χ4v) is 3.14. The van der Waals surface area contributed by atoms with Gasteiger partial charge in [-0.15, -0.1) is 0 Å². The first-order valence-electron chi connectivity index (χ1n) is 9.28. The molecule has 0 radical (unpaired) electrons. The van der Waals surface area contributed by atoms with Crippen LogP contribution in [0, 0.1) is 5.92 Å². The van der Waals surface area contributed by atoms with Crippen molar-refractivity contribution in [2.24, 2.45) is 11.0 Å². The number of hydrogen-bond donors (Lipinski definition) is 1. The first-order chi connectivity index (χ1) is 12.9. The summed E-state index contributed by atoms with van der Waals surface area (Å²) in [6.07, 6.45) is 3.30. The van der Waals surface area contributed by atoms with Crippen LogP contribution in [0.5, 0.6) is 5.75 Å². The van der Waals surface area contributed by atoms with E-state index in [9.17, 15) is 4.79 Å². The standard InChI is InChI=1S/C23H26N2O2/c1-15(2)19-10-9-16(3)22(14-19)24-25-23(26)17(4)27-21-12-11-18-7-5-6-8-20(18)13-21/h5-9,11-13,17,19H,1,10,14H2,2-4H3,(H,25,26)/b24-22-/t17-,19+/m1/s1. The molecule has 0 fully saturated rings. The minimum atomic E-state index is -0.639. The third kappa shape index (κ3) is 4.64. The van der Waals surface area contributed by atoms with Gasteiger partial charge in [-0.3, -0.25) is 4.79 Å². The molecule has 1 amide bonds. The highest BCUT2D eigenvalue weighted by Gasteiger charge is 2.20. The van der Waals surface area contributed by atoms with E-state index < -0.39 is 6.10 Å². The predicted octanol–water partition coefficient (Wildman–Crippen LogP) is 5.01. The fourth-order valence-electron chi connectivity index (χ4n) is 3.14. The van der Waals surface area contributed by atoms with Gasteiger partial charge in [0.2, 0.25) is 0 Å². The maximum Gasteiger partial charge on any atom is 0.280 e. The van der Waals surface area contributed by atoms with Crippen molar-refractivity contribution in [2.75, 3.05) is 0 Å². The summed E-state index contributed by atoms with van der Waals surface area (Å²) in [6, 6.07) is 13.9. The molecule has 2 aromatic rings. The number of hydrogen-bond acceptors (Lipinski definition) is 3. The van der Waals surface area contributed by atoms with Crippen LogP contribution in [0.4, 0.5) is 0 Å². The van der Waals surface area contributed by atoms with Crippen molar-refractivity contribution < 1.29 is 9.53 Å². The van der Waals surface area contributed by atoms with Gasteiger partial charge in [0.25, 0.3) is 5.91 Å². The molecule has 4 nitrogen and oxygen atoms in total. The molecule has 4 heteroatoms. The van der Waals surface area contributed by atoms with Gasteiger partial charge in [0.15, 0.2) is 6.10 Å². The van der Waals surface area contributed by atoms with Gasteiger partial charge < -0.3 is 4.74 Å². The molecule has 140 valence electrons. The molecule has 0 spiro atoms. The highest BCUT2D eigenvalue weighted by atomic mass is 16.5. The molecular weight excluding hydrogens is 336 g/mol.